The predicted octanol–water partition coefficient (Wildman–Crippen LogP) is 1.68. The Morgan fingerprint density at radius 3 is 3.23 bits per heavy atom. The number of methoxy groups -OCH3 is 1. The Morgan fingerprint density at radius 1 is 1.42 bits per heavy atom. The van der Waals surface area contributed by atoms with Crippen molar-refractivity contribution in [3.63, 3.8) is 0 Å². The number of imidazole rings is 1. The van der Waals surface area contributed by atoms with Gasteiger partial charge in [0.25, 0.3) is 0 Å². The minimum absolute atomic E-state index is 0.00542. The fourth-order valence-electron chi connectivity index (χ4n) is 3.61. The molecule has 1 aromatic carbocycles. The Labute approximate surface area is 152 Å². The van der Waals surface area contributed by atoms with Crippen LogP contribution in [0.3, 0.4) is 0 Å². The topological polar surface area (TPSA) is 75.2 Å². The van der Waals surface area contributed by atoms with E-state index in [0.717, 1.165) is 24.3 Å². The maximum absolute atomic E-state index is 12.7. The first-order valence-corrected chi connectivity index (χ1v) is 8.81. The lowest BCUT2D eigenvalue weighted by Crippen LogP contribution is -2.44. The van der Waals surface area contributed by atoms with E-state index in [1.165, 1.54) is 10.9 Å². The number of hydrogen-bond acceptors (Lipinski definition) is 4. The summed E-state index contributed by atoms with van der Waals surface area (Å²) >= 11 is 0. The predicted molar refractivity (Wildman–Crippen MR) is 98.6 cm³/mol. The lowest BCUT2D eigenvalue weighted by molar-refractivity contribution is -0.125. The van der Waals surface area contributed by atoms with E-state index >= 15 is 0 Å². The molecule has 0 saturated heterocycles. The van der Waals surface area contributed by atoms with Crippen LogP contribution in [0.25, 0.3) is 10.9 Å². The molecule has 0 fully saturated rings. The van der Waals surface area contributed by atoms with Gasteiger partial charge in [-0.2, -0.15) is 0 Å². The van der Waals surface area contributed by atoms with Gasteiger partial charge in [0, 0.05) is 56.6 Å². The number of aromatic nitrogens is 3. The summed E-state index contributed by atoms with van der Waals surface area (Å²) in [6.07, 6.45) is 5.56. The normalized spacial score (nSPS) is 17.3. The van der Waals surface area contributed by atoms with Crippen LogP contribution in [0.5, 0.6) is 0 Å². The fraction of sp³-hybridized carbons (Fsp3) is 0.368. The molecule has 7 nitrogen and oxygen atoms in total. The van der Waals surface area contributed by atoms with Gasteiger partial charge in [-0.3, -0.25) is 9.69 Å². The average Bonchev–Trinajstić information content (AvgIpc) is 3.30. The number of fused-ring (bicyclic) bond motifs is 2. The van der Waals surface area contributed by atoms with E-state index in [1.54, 1.807) is 13.4 Å². The summed E-state index contributed by atoms with van der Waals surface area (Å²) in [6, 6.07) is 8.13. The van der Waals surface area contributed by atoms with Gasteiger partial charge in [-0.05, 0) is 17.7 Å². The molecule has 1 amide bonds. The summed E-state index contributed by atoms with van der Waals surface area (Å²) in [7, 11) is 1.63. The Bertz CT molecular complexity index is 900. The minimum Gasteiger partial charge on any atom is -0.383 e. The molecular formula is C19H23N5O2. The molecule has 2 N–H and O–H groups in total. The number of nitrogens with one attached hydrogen (secondary N) is 2. The average molecular weight is 353 g/mol. The lowest BCUT2D eigenvalue weighted by atomic mass is 10.1. The third-order valence-corrected chi connectivity index (χ3v) is 4.89. The van der Waals surface area contributed by atoms with Crippen LogP contribution in [-0.4, -0.2) is 52.1 Å². The molecule has 7 heteroatoms. The van der Waals surface area contributed by atoms with Gasteiger partial charge in [-0.15, -0.1) is 0 Å². The number of amides is 1. The molecule has 0 saturated carbocycles. The monoisotopic (exact) mass is 353 g/mol. The van der Waals surface area contributed by atoms with Gasteiger partial charge in [0.1, 0.15) is 6.04 Å². The molecule has 1 atom stereocenters. The van der Waals surface area contributed by atoms with Crippen LogP contribution in [0.4, 0.5) is 0 Å². The highest BCUT2D eigenvalue weighted by Crippen LogP contribution is 2.25. The summed E-state index contributed by atoms with van der Waals surface area (Å²) in [6.45, 7) is 3.25. The van der Waals surface area contributed by atoms with Crippen molar-refractivity contribution in [1.82, 2.24) is 24.8 Å². The van der Waals surface area contributed by atoms with Gasteiger partial charge in [-0.25, -0.2) is 4.98 Å². The Kier molecular flexibility index (Phi) is 4.73. The lowest BCUT2D eigenvalue weighted by Gasteiger charge is -2.33. The highest BCUT2D eigenvalue weighted by Gasteiger charge is 2.30. The van der Waals surface area contributed by atoms with Crippen molar-refractivity contribution in [1.29, 1.82) is 0 Å². The smallest absolute Gasteiger partial charge is 0.244 e. The van der Waals surface area contributed by atoms with Gasteiger partial charge < -0.3 is 19.6 Å². The molecule has 0 spiro atoms. The number of rotatable bonds is 6. The first kappa shape index (κ1) is 16.8. The number of benzene rings is 1. The van der Waals surface area contributed by atoms with Crippen LogP contribution in [-0.2, 0) is 22.6 Å². The number of H-pyrrole nitrogens is 1. The van der Waals surface area contributed by atoms with Crippen molar-refractivity contribution in [3.05, 3.63) is 54.2 Å². The highest BCUT2D eigenvalue weighted by molar-refractivity contribution is 5.83. The van der Waals surface area contributed by atoms with Crippen molar-refractivity contribution in [2.75, 3.05) is 26.8 Å². The molecule has 0 radical (unpaired) electrons. The number of aromatic amines is 1. The number of hydrogen-bond donors (Lipinski definition) is 2. The van der Waals surface area contributed by atoms with Gasteiger partial charge in [0.05, 0.1) is 18.6 Å². The van der Waals surface area contributed by atoms with E-state index in [-0.39, 0.29) is 11.9 Å². The maximum Gasteiger partial charge on any atom is 0.244 e. The molecule has 2 aromatic heterocycles. The van der Waals surface area contributed by atoms with Crippen LogP contribution >= 0.6 is 0 Å². The Hall–Kier alpha value is -2.64. The number of carbonyl (C=O) groups excluding carboxylic acids is 1. The van der Waals surface area contributed by atoms with Gasteiger partial charge in [0.2, 0.25) is 5.91 Å². The number of ether oxygens (including phenoxy) is 1. The quantitative estimate of drug-likeness (QED) is 0.661. The summed E-state index contributed by atoms with van der Waals surface area (Å²) in [5.74, 6) is 0.00542. The van der Waals surface area contributed by atoms with Gasteiger partial charge in [0.15, 0.2) is 0 Å². The van der Waals surface area contributed by atoms with Crippen molar-refractivity contribution < 1.29 is 9.53 Å². The molecule has 0 unspecified atom stereocenters. The second-order valence-electron chi connectivity index (χ2n) is 6.62. The molecule has 4 rings (SSSR count). The molecule has 26 heavy (non-hydrogen) atoms. The van der Waals surface area contributed by atoms with Gasteiger partial charge >= 0.3 is 0 Å². The second-order valence-corrected chi connectivity index (χ2v) is 6.62. The largest absolute Gasteiger partial charge is 0.383 e. The Morgan fingerprint density at radius 2 is 2.35 bits per heavy atom. The van der Waals surface area contributed by atoms with Crippen LogP contribution in [0.15, 0.2) is 43.0 Å². The molecule has 3 heterocycles. The zero-order valence-corrected chi connectivity index (χ0v) is 14.8. The zero-order valence-electron chi connectivity index (χ0n) is 14.8. The summed E-state index contributed by atoms with van der Waals surface area (Å²) in [4.78, 5) is 22.5. The molecule has 0 bridgehead atoms. The molecule has 0 aliphatic carbocycles. The first-order chi connectivity index (χ1) is 12.8. The third-order valence-electron chi connectivity index (χ3n) is 4.89. The molecule has 3 aromatic rings. The van der Waals surface area contributed by atoms with E-state index in [1.807, 2.05) is 17.0 Å². The molecule has 1 aliphatic rings. The maximum atomic E-state index is 12.7. The van der Waals surface area contributed by atoms with E-state index in [9.17, 15) is 4.79 Å². The van der Waals surface area contributed by atoms with Crippen LogP contribution in [0.1, 0.15) is 17.3 Å². The van der Waals surface area contributed by atoms with Crippen LogP contribution in [0.2, 0.25) is 0 Å². The SMILES string of the molecule is COCCNC(=O)[C@@H]1CN(Cc2cccc3[nH]ccc23)Cc2cncn21. The number of nitrogens with zero attached hydrogens (tertiary/aromatic N) is 3. The van der Waals surface area contributed by atoms with E-state index < -0.39 is 0 Å². The first-order valence-electron chi connectivity index (χ1n) is 8.81. The summed E-state index contributed by atoms with van der Waals surface area (Å²) in [5, 5.41) is 4.18. The third kappa shape index (κ3) is 3.23. The fourth-order valence-corrected chi connectivity index (χ4v) is 3.61. The summed E-state index contributed by atoms with van der Waals surface area (Å²) in [5.41, 5.74) is 3.46. The zero-order chi connectivity index (χ0) is 17.9. The minimum atomic E-state index is -0.275. The van der Waals surface area contributed by atoms with Crippen LogP contribution < -0.4 is 5.32 Å². The Balaban J connectivity index is 1.53. The van der Waals surface area contributed by atoms with E-state index in [4.69, 9.17) is 4.74 Å². The molecule has 136 valence electrons. The van der Waals surface area contributed by atoms with Crippen molar-refractivity contribution >= 4 is 16.8 Å². The van der Waals surface area contributed by atoms with Crippen molar-refractivity contribution in [3.8, 4) is 0 Å². The van der Waals surface area contributed by atoms with E-state index in [0.29, 0.717) is 19.7 Å². The molecule has 1 aliphatic heterocycles. The van der Waals surface area contributed by atoms with E-state index in [2.05, 4.69) is 44.5 Å². The molecular weight excluding hydrogens is 330 g/mol. The standard InChI is InChI=1S/C19H23N5O2/c1-26-8-7-22-19(25)18-12-23(11-15-9-20-13-24(15)18)10-14-3-2-4-17-16(14)5-6-21-17/h2-6,9,13,18,21H,7-8,10-12H2,1H3,(H,22,25)/t18-/m0/s1. The van der Waals surface area contributed by atoms with Crippen LogP contribution in [0, 0.1) is 0 Å². The van der Waals surface area contributed by atoms with Crippen molar-refractivity contribution in [2.24, 2.45) is 0 Å². The second kappa shape index (κ2) is 7.31. The number of carbonyl (C=O) groups is 1. The summed E-state index contributed by atoms with van der Waals surface area (Å²) < 4.78 is 7.00. The highest BCUT2D eigenvalue weighted by atomic mass is 16.5. The van der Waals surface area contributed by atoms with Gasteiger partial charge in [-0.1, -0.05) is 12.1 Å². The van der Waals surface area contributed by atoms with Crippen molar-refractivity contribution in [2.45, 2.75) is 19.1 Å².